The van der Waals surface area contributed by atoms with Crippen molar-refractivity contribution in [2.24, 2.45) is 9.98 Å². The SMILES string of the molecule is Cc1ccc(-c2ccc(N(c3ccccc3)c3ccccc3)cc2)c2c1=NCN=2. The van der Waals surface area contributed by atoms with Crippen LogP contribution in [0.3, 0.4) is 0 Å². The summed E-state index contributed by atoms with van der Waals surface area (Å²) in [6.45, 7) is 2.62. The summed E-state index contributed by atoms with van der Waals surface area (Å²) in [5.41, 5.74) is 6.88. The molecule has 0 saturated carbocycles. The molecule has 0 unspecified atom stereocenters. The van der Waals surface area contributed by atoms with Gasteiger partial charge < -0.3 is 4.90 Å². The molecular formula is C26H21N3. The zero-order valence-electron chi connectivity index (χ0n) is 16.3. The number of nitrogens with zero attached hydrogens (tertiary/aromatic N) is 3. The first-order chi connectivity index (χ1) is 14.3. The van der Waals surface area contributed by atoms with Crippen molar-refractivity contribution < 1.29 is 0 Å². The van der Waals surface area contributed by atoms with Gasteiger partial charge in [0.25, 0.3) is 0 Å². The maximum absolute atomic E-state index is 4.61. The number of para-hydroxylation sites is 2. The van der Waals surface area contributed by atoms with Crippen molar-refractivity contribution in [2.75, 3.05) is 11.6 Å². The molecule has 29 heavy (non-hydrogen) atoms. The topological polar surface area (TPSA) is 28.0 Å². The van der Waals surface area contributed by atoms with Gasteiger partial charge in [0.2, 0.25) is 0 Å². The summed E-state index contributed by atoms with van der Waals surface area (Å²) in [4.78, 5) is 11.4. The van der Waals surface area contributed by atoms with Crippen molar-refractivity contribution in [1.82, 2.24) is 0 Å². The third-order valence-corrected chi connectivity index (χ3v) is 5.28. The lowest BCUT2D eigenvalue weighted by atomic mass is 10.0. The highest BCUT2D eigenvalue weighted by Gasteiger charge is 2.13. The van der Waals surface area contributed by atoms with Gasteiger partial charge in [-0.3, -0.25) is 9.98 Å². The van der Waals surface area contributed by atoms with E-state index in [-0.39, 0.29) is 0 Å². The first-order valence-electron chi connectivity index (χ1n) is 9.80. The predicted octanol–water partition coefficient (Wildman–Crippen LogP) is 5.34. The minimum atomic E-state index is 0.529. The van der Waals surface area contributed by atoms with Crippen molar-refractivity contribution in [3.63, 3.8) is 0 Å². The molecule has 0 spiro atoms. The fourth-order valence-electron chi connectivity index (χ4n) is 3.84. The number of aryl methyl sites for hydroxylation is 1. The number of fused-ring (bicyclic) bond motifs is 1. The average molecular weight is 375 g/mol. The Morgan fingerprint density at radius 2 is 1.14 bits per heavy atom. The van der Waals surface area contributed by atoms with Gasteiger partial charge in [-0.1, -0.05) is 60.7 Å². The zero-order chi connectivity index (χ0) is 19.6. The van der Waals surface area contributed by atoms with Crippen molar-refractivity contribution in [1.29, 1.82) is 0 Å². The molecule has 1 heterocycles. The van der Waals surface area contributed by atoms with Gasteiger partial charge in [0.05, 0.1) is 10.7 Å². The third kappa shape index (κ3) is 3.21. The van der Waals surface area contributed by atoms with Crippen molar-refractivity contribution in [3.8, 4) is 11.1 Å². The van der Waals surface area contributed by atoms with Crippen molar-refractivity contribution >= 4 is 17.1 Å². The Morgan fingerprint density at radius 3 is 1.76 bits per heavy atom. The number of hydrogen-bond acceptors (Lipinski definition) is 3. The molecule has 0 saturated heterocycles. The summed E-state index contributed by atoms with van der Waals surface area (Å²) in [6.07, 6.45) is 0. The Labute approximate surface area is 170 Å². The van der Waals surface area contributed by atoms with Crippen LogP contribution in [0.5, 0.6) is 0 Å². The molecule has 0 N–H and O–H groups in total. The Bertz CT molecular complexity index is 1220. The van der Waals surface area contributed by atoms with Gasteiger partial charge in [-0.25, -0.2) is 0 Å². The minimum Gasteiger partial charge on any atom is -0.311 e. The van der Waals surface area contributed by atoms with E-state index in [0.717, 1.165) is 38.9 Å². The summed E-state index contributed by atoms with van der Waals surface area (Å²) in [5, 5.41) is 2.04. The maximum Gasteiger partial charge on any atom is 0.130 e. The van der Waals surface area contributed by atoms with E-state index in [1.54, 1.807) is 0 Å². The van der Waals surface area contributed by atoms with Crippen LogP contribution in [0.2, 0.25) is 0 Å². The lowest BCUT2D eigenvalue weighted by Gasteiger charge is -2.25. The lowest BCUT2D eigenvalue weighted by molar-refractivity contribution is 1.05. The van der Waals surface area contributed by atoms with E-state index in [4.69, 9.17) is 0 Å². The van der Waals surface area contributed by atoms with E-state index in [9.17, 15) is 0 Å². The number of rotatable bonds is 4. The summed E-state index contributed by atoms with van der Waals surface area (Å²) in [6, 6.07) is 33.9. The van der Waals surface area contributed by atoms with Crippen LogP contribution in [0.4, 0.5) is 17.1 Å². The molecule has 0 radical (unpaired) electrons. The Balaban J connectivity index is 1.59. The summed E-state index contributed by atoms with van der Waals surface area (Å²) >= 11 is 0. The first kappa shape index (κ1) is 17.4. The lowest BCUT2D eigenvalue weighted by Crippen LogP contribution is -2.26. The highest BCUT2D eigenvalue weighted by molar-refractivity contribution is 5.78. The second-order valence-corrected chi connectivity index (χ2v) is 7.14. The van der Waals surface area contributed by atoms with Crippen LogP contribution in [-0.4, -0.2) is 6.67 Å². The predicted molar refractivity (Wildman–Crippen MR) is 118 cm³/mol. The smallest absolute Gasteiger partial charge is 0.130 e. The molecule has 4 aromatic carbocycles. The molecule has 0 bridgehead atoms. The molecule has 0 fully saturated rings. The number of benzene rings is 4. The minimum absolute atomic E-state index is 0.529. The third-order valence-electron chi connectivity index (χ3n) is 5.28. The molecule has 0 aromatic heterocycles. The fraction of sp³-hybridized carbons (Fsp3) is 0.0769. The Kier molecular flexibility index (Phi) is 4.41. The summed E-state index contributed by atoms with van der Waals surface area (Å²) in [7, 11) is 0. The molecule has 4 aromatic rings. The van der Waals surface area contributed by atoms with E-state index in [1.165, 1.54) is 5.56 Å². The molecule has 1 aliphatic heterocycles. The molecule has 5 rings (SSSR count). The van der Waals surface area contributed by atoms with E-state index < -0.39 is 0 Å². The van der Waals surface area contributed by atoms with Crippen LogP contribution < -0.4 is 15.6 Å². The van der Waals surface area contributed by atoms with Crippen LogP contribution in [0, 0.1) is 6.92 Å². The largest absolute Gasteiger partial charge is 0.311 e. The van der Waals surface area contributed by atoms with E-state index in [1.807, 2.05) is 12.1 Å². The van der Waals surface area contributed by atoms with E-state index in [2.05, 4.69) is 107 Å². The van der Waals surface area contributed by atoms with Crippen LogP contribution >= 0.6 is 0 Å². The Morgan fingerprint density at radius 1 is 0.586 bits per heavy atom. The molecular weight excluding hydrogens is 354 g/mol. The monoisotopic (exact) mass is 375 g/mol. The van der Waals surface area contributed by atoms with Gasteiger partial charge in [-0.05, 0) is 54.4 Å². The summed E-state index contributed by atoms with van der Waals surface area (Å²) in [5.74, 6) is 0. The van der Waals surface area contributed by atoms with Gasteiger partial charge >= 0.3 is 0 Å². The van der Waals surface area contributed by atoms with Crippen LogP contribution in [0.1, 0.15) is 5.56 Å². The normalized spacial score (nSPS) is 12.0. The van der Waals surface area contributed by atoms with E-state index in [0.29, 0.717) is 6.67 Å². The van der Waals surface area contributed by atoms with Crippen LogP contribution in [-0.2, 0) is 0 Å². The number of anilines is 3. The molecule has 3 nitrogen and oxygen atoms in total. The zero-order valence-corrected chi connectivity index (χ0v) is 16.3. The van der Waals surface area contributed by atoms with Crippen molar-refractivity contribution in [2.45, 2.75) is 6.92 Å². The molecule has 1 aliphatic rings. The van der Waals surface area contributed by atoms with Crippen LogP contribution in [0.25, 0.3) is 11.1 Å². The van der Waals surface area contributed by atoms with Gasteiger partial charge in [0.1, 0.15) is 6.67 Å². The maximum atomic E-state index is 4.61. The van der Waals surface area contributed by atoms with Gasteiger partial charge in [0.15, 0.2) is 0 Å². The molecule has 0 atom stereocenters. The van der Waals surface area contributed by atoms with Gasteiger partial charge in [0, 0.05) is 22.6 Å². The number of hydrogen-bond donors (Lipinski definition) is 0. The molecule has 140 valence electrons. The quantitative estimate of drug-likeness (QED) is 0.473. The highest BCUT2D eigenvalue weighted by atomic mass is 15.1. The average Bonchev–Trinajstić information content (AvgIpc) is 3.28. The molecule has 0 amide bonds. The molecule has 0 aliphatic carbocycles. The second-order valence-electron chi connectivity index (χ2n) is 7.14. The summed E-state index contributed by atoms with van der Waals surface area (Å²) < 4.78 is 0. The first-order valence-corrected chi connectivity index (χ1v) is 9.80. The van der Waals surface area contributed by atoms with Gasteiger partial charge in [-0.15, -0.1) is 0 Å². The Hall–Kier alpha value is -3.72. The van der Waals surface area contributed by atoms with Crippen molar-refractivity contribution in [3.05, 3.63) is 113 Å². The molecule has 3 heteroatoms. The highest BCUT2D eigenvalue weighted by Crippen LogP contribution is 2.34. The van der Waals surface area contributed by atoms with Gasteiger partial charge in [-0.2, -0.15) is 0 Å². The standard InChI is InChI=1S/C26H21N3/c1-19-12-17-24(26-25(19)27-18-28-26)20-13-15-23(16-14-20)29(21-8-4-2-5-9-21)22-10-6-3-7-11-22/h2-17H,18H2,1H3. The fourth-order valence-corrected chi connectivity index (χ4v) is 3.84. The van der Waals surface area contributed by atoms with E-state index >= 15 is 0 Å². The van der Waals surface area contributed by atoms with Crippen LogP contribution in [0.15, 0.2) is 107 Å². The second kappa shape index (κ2) is 7.36.